The number of nitrogens with zero attached hydrogens (tertiary/aromatic N) is 1. The average Bonchev–Trinajstić information content (AvgIpc) is 2.27. The predicted molar refractivity (Wildman–Crippen MR) is 60.3 cm³/mol. The molecule has 1 aromatic rings. The zero-order valence-electron chi connectivity index (χ0n) is 8.84. The fraction of sp³-hybridized carbons (Fsp3) is 0.462. The van der Waals surface area contributed by atoms with Crippen molar-refractivity contribution in [2.45, 2.75) is 39.0 Å². The van der Waals surface area contributed by atoms with Crippen LogP contribution in [0.2, 0.25) is 0 Å². The van der Waals surface area contributed by atoms with Crippen LogP contribution < -0.4 is 0 Å². The van der Waals surface area contributed by atoms with Crippen molar-refractivity contribution in [3.05, 3.63) is 35.2 Å². The quantitative estimate of drug-likeness (QED) is 0.693. The number of fused-ring (bicyclic) bond motifs is 1. The average molecular weight is 187 g/mol. The van der Waals surface area contributed by atoms with Gasteiger partial charge in [0, 0.05) is 11.9 Å². The number of pyridine rings is 1. The smallest absolute Gasteiger partial charge is 0.0441 e. The van der Waals surface area contributed by atoms with E-state index in [1.54, 1.807) is 0 Å². The molecule has 1 aromatic heterocycles. The molecular formula is C13H17N. The Balaban J connectivity index is 2.55. The summed E-state index contributed by atoms with van der Waals surface area (Å²) in [5.41, 5.74) is 5.48. The van der Waals surface area contributed by atoms with Gasteiger partial charge in [0.1, 0.15) is 0 Å². The Hall–Kier alpha value is -1.11. The van der Waals surface area contributed by atoms with Gasteiger partial charge in [-0.3, -0.25) is 4.98 Å². The third-order valence-electron chi connectivity index (χ3n) is 3.07. The van der Waals surface area contributed by atoms with Crippen LogP contribution in [0.5, 0.6) is 0 Å². The van der Waals surface area contributed by atoms with E-state index in [1.165, 1.54) is 41.6 Å². The van der Waals surface area contributed by atoms with E-state index < -0.39 is 0 Å². The van der Waals surface area contributed by atoms with E-state index >= 15 is 0 Å². The second kappa shape index (κ2) is 3.95. The van der Waals surface area contributed by atoms with Crippen LogP contribution in [0.3, 0.4) is 0 Å². The Morgan fingerprint density at radius 1 is 1.43 bits per heavy atom. The van der Waals surface area contributed by atoms with Gasteiger partial charge in [0.2, 0.25) is 0 Å². The first-order valence-corrected chi connectivity index (χ1v) is 5.49. The van der Waals surface area contributed by atoms with Crippen molar-refractivity contribution < 1.29 is 0 Å². The topological polar surface area (TPSA) is 12.9 Å². The van der Waals surface area contributed by atoms with Crippen LogP contribution in [0.15, 0.2) is 12.8 Å². The van der Waals surface area contributed by atoms with Crippen LogP contribution in [-0.4, -0.2) is 4.98 Å². The summed E-state index contributed by atoms with van der Waals surface area (Å²) in [5.74, 6) is 0. The van der Waals surface area contributed by atoms with Crippen molar-refractivity contribution in [3.63, 3.8) is 0 Å². The Kier molecular flexibility index (Phi) is 2.67. The first-order chi connectivity index (χ1) is 6.86. The fourth-order valence-electron chi connectivity index (χ4n) is 2.28. The molecule has 74 valence electrons. The van der Waals surface area contributed by atoms with Gasteiger partial charge in [0.05, 0.1) is 0 Å². The molecule has 0 aliphatic heterocycles. The van der Waals surface area contributed by atoms with Gasteiger partial charge in [-0.25, -0.2) is 0 Å². The van der Waals surface area contributed by atoms with Crippen LogP contribution in [-0.2, 0) is 19.3 Å². The fourth-order valence-corrected chi connectivity index (χ4v) is 2.28. The molecular weight excluding hydrogens is 170 g/mol. The molecule has 1 aliphatic carbocycles. The van der Waals surface area contributed by atoms with Gasteiger partial charge < -0.3 is 0 Å². The molecule has 1 heterocycles. The lowest BCUT2D eigenvalue weighted by atomic mass is 9.89. The summed E-state index contributed by atoms with van der Waals surface area (Å²) >= 11 is 0. The van der Waals surface area contributed by atoms with Crippen molar-refractivity contribution in [1.29, 1.82) is 0 Å². The van der Waals surface area contributed by atoms with Crippen LogP contribution in [0.4, 0.5) is 0 Å². The first kappa shape index (κ1) is 9.45. The molecule has 0 amide bonds. The molecule has 0 atom stereocenters. The highest BCUT2D eigenvalue weighted by Crippen LogP contribution is 2.26. The van der Waals surface area contributed by atoms with Gasteiger partial charge in [-0.15, -0.1) is 0 Å². The lowest BCUT2D eigenvalue weighted by molar-refractivity contribution is 0.664. The summed E-state index contributed by atoms with van der Waals surface area (Å²) in [4.78, 5) is 4.55. The van der Waals surface area contributed by atoms with Crippen LogP contribution in [0.25, 0.3) is 6.08 Å². The summed E-state index contributed by atoms with van der Waals surface area (Å²) in [7, 11) is 0. The van der Waals surface area contributed by atoms with Crippen molar-refractivity contribution in [1.82, 2.24) is 4.98 Å². The van der Waals surface area contributed by atoms with E-state index in [0.717, 1.165) is 12.8 Å². The summed E-state index contributed by atoms with van der Waals surface area (Å²) in [6, 6.07) is 0. The zero-order chi connectivity index (χ0) is 9.97. The highest BCUT2D eigenvalue weighted by Gasteiger charge is 2.14. The predicted octanol–water partition coefficient (Wildman–Crippen LogP) is 3.17. The second-order valence-electron chi connectivity index (χ2n) is 3.89. The number of aromatic nitrogens is 1. The van der Waals surface area contributed by atoms with Gasteiger partial charge >= 0.3 is 0 Å². The summed E-state index contributed by atoms with van der Waals surface area (Å²) in [6.45, 7) is 6.10. The summed E-state index contributed by atoms with van der Waals surface area (Å²) in [5, 5.41) is 0. The number of hydrogen-bond acceptors (Lipinski definition) is 1. The standard InChI is InChI=1S/C13H17N/c1-3-10-9-14-13-8-6-5-7-12(13)11(10)4-2/h4,9H,2-3,5-8H2,1H3. The van der Waals surface area contributed by atoms with E-state index in [1.807, 2.05) is 12.3 Å². The Bertz CT molecular complexity index is 352. The molecule has 0 unspecified atom stereocenters. The van der Waals surface area contributed by atoms with Gasteiger partial charge in [-0.05, 0) is 48.8 Å². The van der Waals surface area contributed by atoms with E-state index in [4.69, 9.17) is 0 Å². The Labute approximate surface area is 85.9 Å². The maximum Gasteiger partial charge on any atom is 0.0441 e. The van der Waals surface area contributed by atoms with Crippen molar-refractivity contribution in [3.8, 4) is 0 Å². The largest absolute Gasteiger partial charge is 0.261 e. The van der Waals surface area contributed by atoms with Crippen LogP contribution >= 0.6 is 0 Å². The highest BCUT2D eigenvalue weighted by atomic mass is 14.7. The monoisotopic (exact) mass is 187 g/mol. The maximum atomic E-state index is 4.55. The minimum atomic E-state index is 1.06. The van der Waals surface area contributed by atoms with Crippen molar-refractivity contribution in [2.75, 3.05) is 0 Å². The van der Waals surface area contributed by atoms with Crippen molar-refractivity contribution in [2.24, 2.45) is 0 Å². The molecule has 1 heteroatoms. The molecule has 0 fully saturated rings. The van der Waals surface area contributed by atoms with E-state index in [0.29, 0.717) is 0 Å². The van der Waals surface area contributed by atoms with E-state index in [9.17, 15) is 0 Å². The molecule has 0 saturated heterocycles. The second-order valence-corrected chi connectivity index (χ2v) is 3.89. The van der Waals surface area contributed by atoms with Gasteiger partial charge in [-0.1, -0.05) is 19.6 Å². The van der Waals surface area contributed by atoms with Gasteiger partial charge in [-0.2, -0.15) is 0 Å². The molecule has 0 radical (unpaired) electrons. The third-order valence-corrected chi connectivity index (χ3v) is 3.07. The first-order valence-electron chi connectivity index (χ1n) is 5.49. The van der Waals surface area contributed by atoms with Crippen LogP contribution in [0.1, 0.15) is 42.1 Å². The Morgan fingerprint density at radius 2 is 2.21 bits per heavy atom. The summed E-state index contributed by atoms with van der Waals surface area (Å²) in [6.07, 6.45) is 10.0. The molecule has 0 spiro atoms. The minimum Gasteiger partial charge on any atom is -0.261 e. The van der Waals surface area contributed by atoms with Gasteiger partial charge in [0.15, 0.2) is 0 Å². The van der Waals surface area contributed by atoms with E-state index in [2.05, 4.69) is 18.5 Å². The number of hydrogen-bond donors (Lipinski definition) is 0. The van der Waals surface area contributed by atoms with Crippen molar-refractivity contribution >= 4 is 6.08 Å². The lowest BCUT2D eigenvalue weighted by Crippen LogP contribution is -2.09. The van der Waals surface area contributed by atoms with Gasteiger partial charge in [0.25, 0.3) is 0 Å². The Morgan fingerprint density at radius 3 is 2.93 bits per heavy atom. The molecule has 0 bridgehead atoms. The lowest BCUT2D eigenvalue weighted by Gasteiger charge is -2.19. The molecule has 2 rings (SSSR count). The normalized spacial score (nSPS) is 14.9. The van der Waals surface area contributed by atoms with E-state index in [-0.39, 0.29) is 0 Å². The molecule has 0 aromatic carbocycles. The highest BCUT2D eigenvalue weighted by molar-refractivity contribution is 5.57. The molecule has 1 nitrogen and oxygen atoms in total. The molecule has 0 saturated carbocycles. The SMILES string of the molecule is C=Cc1c(CC)cnc2c1CCCC2. The zero-order valence-corrected chi connectivity index (χ0v) is 8.84. The maximum absolute atomic E-state index is 4.55. The molecule has 1 aliphatic rings. The minimum absolute atomic E-state index is 1.06. The summed E-state index contributed by atoms with van der Waals surface area (Å²) < 4.78 is 0. The molecule has 0 N–H and O–H groups in total. The van der Waals surface area contributed by atoms with Crippen LogP contribution in [0, 0.1) is 0 Å². The number of aryl methyl sites for hydroxylation is 2. The molecule has 14 heavy (non-hydrogen) atoms. The third kappa shape index (κ3) is 1.47. The number of rotatable bonds is 2.